The average Bonchev–Trinajstić information content (AvgIpc) is 3.13. The number of primary sulfonamides is 1. The van der Waals surface area contributed by atoms with E-state index < -0.39 is 33.5 Å². The first-order chi connectivity index (χ1) is 17.1. The lowest BCUT2D eigenvalue weighted by atomic mass is 9.94. The maximum Gasteiger partial charge on any atom is 0.300 e. The Hall–Kier alpha value is -3.86. The second kappa shape index (κ2) is 9.65. The molecule has 1 atom stereocenters. The standard InChI is InChI=1S/C25H21ClN2O7S/c1-34-17-9-12-19(20(13-17)35-2)22-21(23(29)14-3-5-15(26)6-4-14)24(30)25(31)28(22)16-7-10-18(11-8-16)36(27,32)33/h3-13,22,29H,1-2H3,(H2,27,32,33)/t22-/m1/s1. The Morgan fingerprint density at radius 1 is 0.972 bits per heavy atom. The molecular weight excluding hydrogens is 508 g/mol. The fraction of sp³-hybridized carbons (Fsp3) is 0.120. The van der Waals surface area contributed by atoms with Crippen molar-refractivity contribution < 1.29 is 32.6 Å². The van der Waals surface area contributed by atoms with Gasteiger partial charge in [-0.15, -0.1) is 0 Å². The Labute approximate surface area is 212 Å². The van der Waals surface area contributed by atoms with Gasteiger partial charge in [-0.2, -0.15) is 0 Å². The molecule has 0 unspecified atom stereocenters. The molecule has 1 amide bonds. The van der Waals surface area contributed by atoms with Gasteiger partial charge in [-0.3, -0.25) is 14.5 Å². The fourth-order valence-corrected chi connectivity index (χ4v) is 4.64. The number of hydrogen-bond acceptors (Lipinski definition) is 7. The molecule has 4 rings (SSSR count). The summed E-state index contributed by atoms with van der Waals surface area (Å²) in [5.41, 5.74) is 0.701. The molecule has 36 heavy (non-hydrogen) atoms. The molecule has 3 aromatic rings. The maximum atomic E-state index is 13.3. The second-order valence-corrected chi connectivity index (χ2v) is 9.82. The van der Waals surface area contributed by atoms with Crippen LogP contribution < -0.4 is 19.5 Å². The van der Waals surface area contributed by atoms with E-state index in [-0.39, 0.29) is 21.7 Å². The Bertz CT molecular complexity index is 1480. The summed E-state index contributed by atoms with van der Waals surface area (Å²) < 4.78 is 34.2. The first-order valence-electron chi connectivity index (χ1n) is 10.5. The number of anilines is 1. The molecule has 1 aliphatic heterocycles. The van der Waals surface area contributed by atoms with Gasteiger partial charge in [-0.05, 0) is 60.7 Å². The lowest BCUT2D eigenvalue weighted by molar-refractivity contribution is -0.132. The number of aliphatic hydroxyl groups excluding tert-OH is 1. The number of rotatable bonds is 6. The minimum absolute atomic E-state index is 0.164. The number of nitrogens with two attached hydrogens (primary N) is 1. The van der Waals surface area contributed by atoms with Crippen molar-refractivity contribution in [3.63, 3.8) is 0 Å². The number of ketones is 1. The van der Waals surface area contributed by atoms with Gasteiger partial charge >= 0.3 is 0 Å². The first-order valence-corrected chi connectivity index (χ1v) is 12.4. The van der Waals surface area contributed by atoms with Crippen molar-refractivity contribution >= 4 is 44.8 Å². The van der Waals surface area contributed by atoms with E-state index in [2.05, 4.69) is 0 Å². The molecule has 0 radical (unpaired) electrons. The highest BCUT2D eigenvalue weighted by Gasteiger charge is 2.48. The van der Waals surface area contributed by atoms with E-state index in [4.69, 9.17) is 26.2 Å². The minimum Gasteiger partial charge on any atom is -0.507 e. The van der Waals surface area contributed by atoms with E-state index in [0.717, 1.165) is 0 Å². The van der Waals surface area contributed by atoms with E-state index in [9.17, 15) is 23.1 Å². The van der Waals surface area contributed by atoms with E-state index >= 15 is 0 Å². The topological polar surface area (TPSA) is 136 Å². The number of nitrogens with zero attached hydrogens (tertiary/aromatic N) is 1. The molecule has 3 N–H and O–H groups in total. The molecule has 0 bridgehead atoms. The van der Waals surface area contributed by atoms with Crippen LogP contribution in [0.25, 0.3) is 5.76 Å². The molecule has 1 saturated heterocycles. The van der Waals surface area contributed by atoms with Gasteiger partial charge in [0.15, 0.2) is 0 Å². The Kier molecular flexibility index (Phi) is 6.77. The van der Waals surface area contributed by atoms with Crippen LogP contribution in [-0.4, -0.2) is 39.4 Å². The minimum atomic E-state index is -3.98. The number of amides is 1. The van der Waals surface area contributed by atoms with Crippen molar-refractivity contribution in [1.29, 1.82) is 0 Å². The summed E-state index contributed by atoms with van der Waals surface area (Å²) in [6.45, 7) is 0. The van der Waals surface area contributed by atoms with Crippen molar-refractivity contribution in [2.45, 2.75) is 10.9 Å². The lowest BCUT2D eigenvalue weighted by Gasteiger charge is -2.27. The molecular formula is C25H21ClN2O7S. The smallest absolute Gasteiger partial charge is 0.300 e. The zero-order valence-corrected chi connectivity index (χ0v) is 20.7. The highest BCUT2D eigenvalue weighted by Crippen LogP contribution is 2.45. The third-order valence-corrected chi connectivity index (χ3v) is 6.92. The van der Waals surface area contributed by atoms with Gasteiger partial charge in [0.1, 0.15) is 17.3 Å². The monoisotopic (exact) mass is 528 g/mol. The number of methoxy groups -OCH3 is 2. The van der Waals surface area contributed by atoms with Crippen molar-refractivity contribution in [3.8, 4) is 11.5 Å². The molecule has 1 heterocycles. The third kappa shape index (κ3) is 4.53. The number of halogens is 1. The molecule has 1 fully saturated rings. The quantitative estimate of drug-likeness (QED) is 0.283. The summed E-state index contributed by atoms with van der Waals surface area (Å²) in [5.74, 6) is -1.48. The molecule has 186 valence electrons. The zero-order valence-electron chi connectivity index (χ0n) is 19.1. The number of Topliss-reactive ketones (excluding diaryl/α,β-unsaturated/α-hetero) is 1. The van der Waals surface area contributed by atoms with Gasteiger partial charge in [0.2, 0.25) is 10.0 Å². The summed E-state index contributed by atoms with van der Waals surface area (Å²) in [7, 11) is -1.08. The molecule has 1 aliphatic rings. The van der Waals surface area contributed by atoms with Crippen LogP contribution in [-0.2, 0) is 19.6 Å². The number of aliphatic hydroxyl groups is 1. The van der Waals surface area contributed by atoms with Gasteiger partial charge in [-0.25, -0.2) is 13.6 Å². The highest BCUT2D eigenvalue weighted by atomic mass is 35.5. The molecule has 0 saturated carbocycles. The number of sulfonamides is 1. The predicted molar refractivity (Wildman–Crippen MR) is 134 cm³/mol. The number of benzene rings is 3. The van der Waals surface area contributed by atoms with Crippen molar-refractivity contribution in [2.24, 2.45) is 5.14 Å². The Morgan fingerprint density at radius 2 is 1.61 bits per heavy atom. The van der Waals surface area contributed by atoms with Gasteiger partial charge in [0.25, 0.3) is 11.7 Å². The molecule has 3 aromatic carbocycles. The lowest BCUT2D eigenvalue weighted by Crippen LogP contribution is -2.29. The maximum absolute atomic E-state index is 13.3. The predicted octanol–water partition coefficient (Wildman–Crippen LogP) is 3.63. The van der Waals surface area contributed by atoms with Crippen molar-refractivity contribution in [1.82, 2.24) is 0 Å². The van der Waals surface area contributed by atoms with Crippen molar-refractivity contribution in [3.05, 3.63) is 88.5 Å². The third-order valence-electron chi connectivity index (χ3n) is 5.74. The van der Waals surface area contributed by atoms with Crippen molar-refractivity contribution in [2.75, 3.05) is 19.1 Å². The average molecular weight is 529 g/mol. The van der Waals surface area contributed by atoms with Crippen LogP contribution in [0.5, 0.6) is 11.5 Å². The fourth-order valence-electron chi connectivity index (χ4n) is 4.00. The van der Waals surface area contributed by atoms with Crippen LogP contribution in [0.15, 0.2) is 77.2 Å². The number of ether oxygens (including phenoxy) is 2. The summed E-state index contributed by atoms with van der Waals surface area (Å²) in [5, 5.41) is 16.8. The molecule has 0 aromatic heterocycles. The molecule has 0 spiro atoms. The SMILES string of the molecule is COc1ccc([C@@H]2C(=C(O)c3ccc(Cl)cc3)C(=O)C(=O)N2c2ccc(S(N)(=O)=O)cc2)c(OC)c1. The van der Waals surface area contributed by atoms with Crippen LogP contribution in [0.3, 0.4) is 0 Å². The van der Waals surface area contributed by atoms with Gasteiger partial charge in [0, 0.05) is 27.9 Å². The van der Waals surface area contributed by atoms with Crippen LogP contribution in [0.2, 0.25) is 5.02 Å². The second-order valence-electron chi connectivity index (χ2n) is 7.82. The number of hydrogen-bond donors (Lipinski definition) is 2. The summed E-state index contributed by atoms with van der Waals surface area (Å²) >= 11 is 5.96. The first kappa shape index (κ1) is 25.2. The number of carbonyl (C=O) groups is 2. The normalized spacial score (nSPS) is 17.3. The molecule has 11 heteroatoms. The van der Waals surface area contributed by atoms with Gasteiger partial charge in [-0.1, -0.05) is 11.6 Å². The highest BCUT2D eigenvalue weighted by molar-refractivity contribution is 7.89. The molecule has 9 nitrogen and oxygen atoms in total. The van der Waals surface area contributed by atoms with E-state index in [1.807, 2.05) is 0 Å². The Morgan fingerprint density at radius 3 is 2.17 bits per heavy atom. The summed E-state index contributed by atoms with van der Waals surface area (Å²) in [6, 6.07) is 15.0. The van der Waals surface area contributed by atoms with E-state index in [0.29, 0.717) is 22.1 Å². The zero-order chi connectivity index (χ0) is 26.2. The Balaban J connectivity index is 1.97. The van der Waals surface area contributed by atoms with E-state index in [1.54, 1.807) is 30.3 Å². The van der Waals surface area contributed by atoms with Gasteiger partial charge < -0.3 is 14.6 Å². The van der Waals surface area contributed by atoms with Crippen LogP contribution in [0.1, 0.15) is 17.2 Å². The largest absolute Gasteiger partial charge is 0.507 e. The molecule has 0 aliphatic carbocycles. The summed E-state index contributed by atoms with van der Waals surface area (Å²) in [4.78, 5) is 27.6. The van der Waals surface area contributed by atoms with Crippen LogP contribution in [0.4, 0.5) is 5.69 Å². The number of carbonyl (C=O) groups excluding carboxylic acids is 2. The van der Waals surface area contributed by atoms with Crippen LogP contribution in [0, 0.1) is 0 Å². The van der Waals surface area contributed by atoms with E-state index in [1.165, 1.54) is 55.5 Å². The van der Waals surface area contributed by atoms with Crippen LogP contribution >= 0.6 is 11.6 Å². The summed E-state index contributed by atoms with van der Waals surface area (Å²) in [6.07, 6.45) is 0. The van der Waals surface area contributed by atoms with Gasteiger partial charge in [0.05, 0.1) is 30.7 Å².